The summed E-state index contributed by atoms with van der Waals surface area (Å²) in [6, 6.07) is 3.79. The van der Waals surface area contributed by atoms with Gasteiger partial charge in [0.1, 0.15) is 0 Å². The number of alkyl halides is 3. The third kappa shape index (κ3) is 4.11. The van der Waals surface area contributed by atoms with E-state index in [-0.39, 0.29) is 17.9 Å². The van der Waals surface area contributed by atoms with Crippen molar-refractivity contribution in [3.63, 3.8) is 0 Å². The normalized spacial score (nSPS) is 17.4. The zero-order valence-electron chi connectivity index (χ0n) is 11.1. The number of benzene rings is 1. The van der Waals surface area contributed by atoms with Gasteiger partial charge in [0.15, 0.2) is 0 Å². The van der Waals surface area contributed by atoms with Crippen LogP contribution < -0.4 is 5.73 Å². The van der Waals surface area contributed by atoms with Gasteiger partial charge in [0.05, 0.1) is 18.8 Å². The zero-order valence-corrected chi connectivity index (χ0v) is 11.1. The lowest BCUT2D eigenvalue weighted by Gasteiger charge is -2.22. The van der Waals surface area contributed by atoms with Crippen molar-refractivity contribution in [3.8, 4) is 0 Å². The second kappa shape index (κ2) is 6.45. The van der Waals surface area contributed by atoms with Gasteiger partial charge in [-0.15, -0.1) is 0 Å². The molecule has 0 aromatic heterocycles. The first-order valence-electron chi connectivity index (χ1n) is 6.58. The van der Waals surface area contributed by atoms with E-state index >= 15 is 0 Å². The Morgan fingerprint density at radius 3 is 2.60 bits per heavy atom. The predicted molar refractivity (Wildman–Crippen MR) is 69.1 cm³/mol. The van der Waals surface area contributed by atoms with Crippen LogP contribution in [0.4, 0.5) is 18.9 Å². The Balaban J connectivity index is 1.95. The molecule has 2 N–H and O–H groups in total. The monoisotopic (exact) mass is 289 g/mol. The quantitative estimate of drug-likeness (QED) is 0.865. The highest BCUT2D eigenvalue weighted by Gasteiger charge is 2.33. The molecule has 6 heteroatoms. The van der Waals surface area contributed by atoms with E-state index in [1.165, 1.54) is 12.1 Å². The van der Waals surface area contributed by atoms with Crippen LogP contribution >= 0.6 is 0 Å². The third-order valence-corrected chi connectivity index (χ3v) is 3.39. The highest BCUT2D eigenvalue weighted by Crippen LogP contribution is 2.33. The van der Waals surface area contributed by atoms with Crippen molar-refractivity contribution in [1.29, 1.82) is 0 Å². The first kappa shape index (κ1) is 15.1. The van der Waals surface area contributed by atoms with Gasteiger partial charge in [-0.2, -0.15) is 13.2 Å². The molecule has 3 nitrogen and oxygen atoms in total. The van der Waals surface area contributed by atoms with Gasteiger partial charge in [0, 0.05) is 18.9 Å². The van der Waals surface area contributed by atoms with Crippen LogP contribution in [0.2, 0.25) is 0 Å². The summed E-state index contributed by atoms with van der Waals surface area (Å²) < 4.78 is 49.3. The fourth-order valence-electron chi connectivity index (χ4n) is 2.23. The second-order valence-corrected chi connectivity index (χ2v) is 4.99. The fourth-order valence-corrected chi connectivity index (χ4v) is 2.23. The zero-order chi connectivity index (χ0) is 14.6. The van der Waals surface area contributed by atoms with Gasteiger partial charge in [-0.25, -0.2) is 0 Å². The Kier molecular flexibility index (Phi) is 4.88. The Bertz CT molecular complexity index is 443. The predicted octanol–water partition coefficient (Wildman–Crippen LogP) is 3.23. The summed E-state index contributed by atoms with van der Waals surface area (Å²) in [4.78, 5) is 0. The van der Waals surface area contributed by atoms with Gasteiger partial charge in [0.2, 0.25) is 0 Å². The second-order valence-electron chi connectivity index (χ2n) is 4.99. The molecule has 0 saturated carbocycles. The average Bonchev–Trinajstić information content (AvgIpc) is 2.40. The molecular formula is C14H18F3NO2. The summed E-state index contributed by atoms with van der Waals surface area (Å²) in [7, 11) is 0. The molecule has 1 fully saturated rings. The number of rotatable bonds is 4. The average molecular weight is 289 g/mol. The molecule has 1 saturated heterocycles. The van der Waals surface area contributed by atoms with E-state index in [1.807, 2.05) is 0 Å². The Morgan fingerprint density at radius 1 is 1.25 bits per heavy atom. The maximum Gasteiger partial charge on any atom is 0.416 e. The minimum Gasteiger partial charge on any atom is -0.399 e. The molecule has 2 rings (SSSR count). The van der Waals surface area contributed by atoms with Crippen LogP contribution in [0.1, 0.15) is 24.0 Å². The van der Waals surface area contributed by atoms with Gasteiger partial charge in [-0.05, 0) is 36.5 Å². The topological polar surface area (TPSA) is 44.5 Å². The largest absolute Gasteiger partial charge is 0.416 e. The van der Waals surface area contributed by atoms with Crippen LogP contribution in [0.5, 0.6) is 0 Å². The van der Waals surface area contributed by atoms with Gasteiger partial charge < -0.3 is 15.2 Å². The molecule has 1 heterocycles. The van der Waals surface area contributed by atoms with E-state index in [0.717, 1.165) is 18.9 Å². The smallest absolute Gasteiger partial charge is 0.399 e. The lowest BCUT2D eigenvalue weighted by atomic mass is 10.0. The molecule has 0 radical (unpaired) electrons. The van der Waals surface area contributed by atoms with E-state index < -0.39 is 11.7 Å². The molecule has 0 bridgehead atoms. The number of hydrogen-bond acceptors (Lipinski definition) is 3. The minimum absolute atomic E-state index is 0.0491. The molecule has 1 aliphatic heterocycles. The molecule has 0 amide bonds. The third-order valence-electron chi connectivity index (χ3n) is 3.39. The van der Waals surface area contributed by atoms with Crippen molar-refractivity contribution in [3.05, 3.63) is 29.3 Å². The van der Waals surface area contributed by atoms with Crippen LogP contribution in [-0.4, -0.2) is 19.8 Å². The van der Waals surface area contributed by atoms with Crippen LogP contribution in [0.15, 0.2) is 18.2 Å². The molecule has 112 valence electrons. The lowest BCUT2D eigenvalue weighted by molar-refractivity contribution is -0.138. The van der Waals surface area contributed by atoms with Crippen LogP contribution in [0.25, 0.3) is 0 Å². The number of anilines is 1. The molecule has 1 aliphatic rings. The van der Waals surface area contributed by atoms with Crippen LogP contribution in [0, 0.1) is 5.92 Å². The highest BCUT2D eigenvalue weighted by atomic mass is 19.4. The number of nitrogens with two attached hydrogens (primary N) is 1. The van der Waals surface area contributed by atoms with Gasteiger partial charge >= 0.3 is 6.18 Å². The summed E-state index contributed by atoms with van der Waals surface area (Å²) in [5.41, 5.74) is 4.92. The Morgan fingerprint density at radius 2 is 1.95 bits per heavy atom. The summed E-state index contributed by atoms with van der Waals surface area (Å²) in [6.45, 7) is 1.81. The Hall–Kier alpha value is -1.27. The lowest BCUT2D eigenvalue weighted by Crippen LogP contribution is -2.20. The molecule has 1 aromatic carbocycles. The van der Waals surface area contributed by atoms with Crippen molar-refractivity contribution in [1.82, 2.24) is 0 Å². The van der Waals surface area contributed by atoms with Crippen molar-refractivity contribution in [2.45, 2.75) is 25.6 Å². The summed E-state index contributed by atoms with van der Waals surface area (Å²) in [5.74, 6) is 0.367. The number of hydrogen-bond donors (Lipinski definition) is 1. The van der Waals surface area contributed by atoms with Crippen molar-refractivity contribution < 1.29 is 22.6 Å². The summed E-state index contributed by atoms with van der Waals surface area (Å²) in [5, 5.41) is 0. The molecule has 0 atom stereocenters. The highest BCUT2D eigenvalue weighted by molar-refractivity contribution is 5.45. The van der Waals surface area contributed by atoms with Crippen molar-refractivity contribution in [2.75, 3.05) is 25.6 Å². The van der Waals surface area contributed by atoms with Crippen molar-refractivity contribution >= 4 is 5.69 Å². The first-order valence-corrected chi connectivity index (χ1v) is 6.58. The van der Waals surface area contributed by atoms with Crippen LogP contribution in [0.3, 0.4) is 0 Å². The molecular weight excluding hydrogens is 271 g/mol. The van der Waals surface area contributed by atoms with E-state index in [0.29, 0.717) is 25.7 Å². The molecule has 20 heavy (non-hydrogen) atoms. The minimum atomic E-state index is -4.41. The summed E-state index contributed by atoms with van der Waals surface area (Å²) >= 11 is 0. The van der Waals surface area contributed by atoms with Crippen molar-refractivity contribution in [2.24, 2.45) is 5.92 Å². The van der Waals surface area contributed by atoms with E-state index in [1.54, 1.807) is 0 Å². The SMILES string of the molecule is Nc1ccc(COCC2CCOCC2)c(C(F)(F)F)c1. The van der Waals surface area contributed by atoms with Gasteiger partial charge in [-0.3, -0.25) is 0 Å². The first-order chi connectivity index (χ1) is 9.47. The molecule has 0 spiro atoms. The van der Waals surface area contributed by atoms with E-state index in [2.05, 4.69) is 0 Å². The van der Waals surface area contributed by atoms with E-state index in [9.17, 15) is 13.2 Å². The fraction of sp³-hybridized carbons (Fsp3) is 0.571. The van der Waals surface area contributed by atoms with Gasteiger partial charge in [0.25, 0.3) is 0 Å². The maximum atomic E-state index is 12.9. The molecule has 0 aliphatic carbocycles. The number of ether oxygens (including phenoxy) is 2. The maximum absolute atomic E-state index is 12.9. The number of nitrogen functional groups attached to an aromatic ring is 1. The summed E-state index contributed by atoms with van der Waals surface area (Å²) in [6.07, 6.45) is -2.62. The van der Waals surface area contributed by atoms with Crippen LogP contribution in [-0.2, 0) is 22.3 Å². The van der Waals surface area contributed by atoms with Gasteiger partial charge in [-0.1, -0.05) is 6.07 Å². The molecule has 0 unspecified atom stereocenters. The standard InChI is InChI=1S/C14H18F3NO2/c15-14(16,17)13-7-12(18)2-1-11(13)9-20-8-10-3-5-19-6-4-10/h1-2,7,10H,3-6,8-9,18H2. The van der Waals surface area contributed by atoms with E-state index in [4.69, 9.17) is 15.2 Å². The Labute approximate surface area is 115 Å². The molecule has 1 aromatic rings. The number of halogens is 3.